The van der Waals surface area contributed by atoms with Gasteiger partial charge in [0.15, 0.2) is 0 Å². The highest BCUT2D eigenvalue weighted by molar-refractivity contribution is 5.59. The molecule has 0 aliphatic carbocycles. The van der Waals surface area contributed by atoms with Crippen LogP contribution in [0.1, 0.15) is 11.4 Å². The number of para-hydroxylation sites is 2. The van der Waals surface area contributed by atoms with Crippen LogP contribution in [0, 0.1) is 6.92 Å². The number of hydrogen-bond donors (Lipinski definition) is 0. The standard InChI is InChI=1S/C22H22N6O/c1-16-7-6-8-18(25-16)15-27(2)22-23-12-11-19(26-22)17-13-24-28(14-17)20-9-4-5-10-21(20)29-3/h4-14H,15H2,1-3H3. The number of ether oxygens (including phenoxy) is 1. The summed E-state index contributed by atoms with van der Waals surface area (Å²) in [5.74, 6) is 1.40. The molecule has 4 rings (SSSR count). The fourth-order valence-electron chi connectivity index (χ4n) is 3.10. The third-order valence-electron chi connectivity index (χ3n) is 4.54. The van der Waals surface area contributed by atoms with Gasteiger partial charge in [0, 0.05) is 30.7 Å². The number of aryl methyl sites for hydroxylation is 1. The number of pyridine rings is 1. The Bertz CT molecular complexity index is 1120. The first kappa shape index (κ1) is 18.6. The van der Waals surface area contributed by atoms with Crippen molar-refractivity contribution in [2.24, 2.45) is 0 Å². The van der Waals surface area contributed by atoms with Gasteiger partial charge < -0.3 is 9.64 Å². The van der Waals surface area contributed by atoms with Crippen molar-refractivity contribution in [3.05, 3.63) is 78.5 Å². The molecular weight excluding hydrogens is 364 g/mol. The number of benzene rings is 1. The molecule has 0 fully saturated rings. The average molecular weight is 386 g/mol. The second kappa shape index (κ2) is 8.10. The molecule has 0 aliphatic heterocycles. The van der Waals surface area contributed by atoms with Crippen molar-refractivity contribution < 1.29 is 4.74 Å². The summed E-state index contributed by atoms with van der Waals surface area (Å²) >= 11 is 0. The Morgan fingerprint density at radius 3 is 2.72 bits per heavy atom. The maximum atomic E-state index is 5.43. The molecule has 0 bridgehead atoms. The second-order valence-corrected chi connectivity index (χ2v) is 6.71. The summed E-state index contributed by atoms with van der Waals surface area (Å²) in [6.45, 7) is 2.62. The van der Waals surface area contributed by atoms with Crippen LogP contribution in [0.25, 0.3) is 16.9 Å². The molecule has 0 unspecified atom stereocenters. The van der Waals surface area contributed by atoms with Crippen molar-refractivity contribution in [1.29, 1.82) is 0 Å². The highest BCUT2D eigenvalue weighted by Gasteiger charge is 2.11. The Kier molecular flexibility index (Phi) is 5.20. The van der Waals surface area contributed by atoms with Crippen molar-refractivity contribution in [1.82, 2.24) is 24.7 Å². The van der Waals surface area contributed by atoms with Gasteiger partial charge in [-0.25, -0.2) is 14.6 Å². The first-order valence-electron chi connectivity index (χ1n) is 9.29. The molecule has 0 N–H and O–H groups in total. The van der Waals surface area contributed by atoms with E-state index in [2.05, 4.69) is 15.1 Å². The van der Waals surface area contributed by atoms with E-state index in [0.717, 1.165) is 34.1 Å². The van der Waals surface area contributed by atoms with Gasteiger partial charge in [-0.2, -0.15) is 5.10 Å². The molecule has 3 aromatic heterocycles. The predicted octanol–water partition coefficient (Wildman–Crippen LogP) is 3.68. The van der Waals surface area contributed by atoms with Crippen LogP contribution in [0.2, 0.25) is 0 Å². The summed E-state index contributed by atoms with van der Waals surface area (Å²) in [7, 11) is 3.61. The number of anilines is 1. The molecule has 0 amide bonds. The van der Waals surface area contributed by atoms with E-state index in [-0.39, 0.29) is 0 Å². The highest BCUT2D eigenvalue weighted by Crippen LogP contribution is 2.25. The van der Waals surface area contributed by atoms with E-state index in [1.165, 1.54) is 0 Å². The quantitative estimate of drug-likeness (QED) is 0.504. The fourth-order valence-corrected chi connectivity index (χ4v) is 3.10. The Balaban J connectivity index is 1.58. The van der Waals surface area contributed by atoms with E-state index in [0.29, 0.717) is 12.5 Å². The Labute approximate surface area is 169 Å². The van der Waals surface area contributed by atoms with E-state index in [4.69, 9.17) is 9.72 Å². The van der Waals surface area contributed by atoms with Crippen LogP contribution in [-0.2, 0) is 6.54 Å². The summed E-state index contributed by atoms with van der Waals surface area (Å²) in [4.78, 5) is 15.7. The molecule has 7 nitrogen and oxygen atoms in total. The lowest BCUT2D eigenvalue weighted by Crippen LogP contribution is -2.20. The van der Waals surface area contributed by atoms with Gasteiger partial charge in [-0.15, -0.1) is 0 Å². The smallest absolute Gasteiger partial charge is 0.225 e. The van der Waals surface area contributed by atoms with Crippen molar-refractivity contribution in [3.63, 3.8) is 0 Å². The lowest BCUT2D eigenvalue weighted by atomic mass is 10.2. The second-order valence-electron chi connectivity index (χ2n) is 6.71. The van der Waals surface area contributed by atoms with E-state index >= 15 is 0 Å². The highest BCUT2D eigenvalue weighted by atomic mass is 16.5. The normalized spacial score (nSPS) is 10.7. The van der Waals surface area contributed by atoms with Crippen molar-refractivity contribution in [2.75, 3.05) is 19.1 Å². The summed E-state index contributed by atoms with van der Waals surface area (Å²) in [5, 5.41) is 4.48. The molecule has 0 atom stereocenters. The predicted molar refractivity (Wildman–Crippen MR) is 112 cm³/mol. The molecule has 7 heteroatoms. The summed E-state index contributed by atoms with van der Waals surface area (Å²) in [5.41, 5.74) is 4.56. The Hall–Kier alpha value is -3.74. The average Bonchev–Trinajstić information content (AvgIpc) is 3.24. The summed E-state index contributed by atoms with van der Waals surface area (Å²) < 4.78 is 7.22. The monoisotopic (exact) mass is 386 g/mol. The molecule has 146 valence electrons. The minimum absolute atomic E-state index is 0.631. The van der Waals surface area contributed by atoms with E-state index < -0.39 is 0 Å². The summed E-state index contributed by atoms with van der Waals surface area (Å²) in [6.07, 6.45) is 5.49. The van der Waals surface area contributed by atoms with Crippen LogP contribution in [-0.4, -0.2) is 38.9 Å². The number of methoxy groups -OCH3 is 1. The van der Waals surface area contributed by atoms with E-state index in [1.807, 2.05) is 73.6 Å². The van der Waals surface area contributed by atoms with Crippen LogP contribution in [0.5, 0.6) is 5.75 Å². The van der Waals surface area contributed by atoms with Gasteiger partial charge in [-0.3, -0.25) is 4.98 Å². The van der Waals surface area contributed by atoms with Gasteiger partial charge in [0.2, 0.25) is 5.95 Å². The third-order valence-corrected chi connectivity index (χ3v) is 4.54. The van der Waals surface area contributed by atoms with E-state index in [9.17, 15) is 0 Å². The number of aromatic nitrogens is 5. The number of rotatable bonds is 6. The fraction of sp³-hybridized carbons (Fsp3) is 0.182. The third kappa shape index (κ3) is 4.08. The Morgan fingerprint density at radius 2 is 1.90 bits per heavy atom. The molecule has 4 aromatic rings. The van der Waals surface area contributed by atoms with Crippen molar-refractivity contribution in [2.45, 2.75) is 13.5 Å². The molecular formula is C22H22N6O. The molecule has 0 aliphatic rings. The van der Waals surface area contributed by atoms with Gasteiger partial charge in [-0.1, -0.05) is 18.2 Å². The molecule has 1 aromatic carbocycles. The van der Waals surface area contributed by atoms with Gasteiger partial charge in [0.05, 0.1) is 31.2 Å². The molecule has 0 saturated carbocycles. The minimum atomic E-state index is 0.631. The topological polar surface area (TPSA) is 69.0 Å². The Morgan fingerprint density at radius 1 is 1.03 bits per heavy atom. The first-order chi connectivity index (χ1) is 14.1. The van der Waals surface area contributed by atoms with Crippen LogP contribution in [0.3, 0.4) is 0 Å². The minimum Gasteiger partial charge on any atom is -0.494 e. The maximum absolute atomic E-state index is 5.43. The van der Waals surface area contributed by atoms with E-state index in [1.54, 1.807) is 24.2 Å². The number of hydrogen-bond acceptors (Lipinski definition) is 6. The first-order valence-corrected chi connectivity index (χ1v) is 9.29. The molecule has 0 saturated heterocycles. The number of nitrogens with zero attached hydrogens (tertiary/aromatic N) is 6. The zero-order valence-corrected chi connectivity index (χ0v) is 16.6. The lowest BCUT2D eigenvalue weighted by molar-refractivity contribution is 0.411. The van der Waals surface area contributed by atoms with Crippen LogP contribution < -0.4 is 9.64 Å². The van der Waals surface area contributed by atoms with Gasteiger partial charge in [0.25, 0.3) is 0 Å². The summed E-state index contributed by atoms with van der Waals surface area (Å²) in [6, 6.07) is 15.6. The largest absolute Gasteiger partial charge is 0.494 e. The molecule has 29 heavy (non-hydrogen) atoms. The zero-order valence-electron chi connectivity index (χ0n) is 16.6. The van der Waals surface area contributed by atoms with Crippen LogP contribution in [0.4, 0.5) is 5.95 Å². The maximum Gasteiger partial charge on any atom is 0.225 e. The van der Waals surface area contributed by atoms with Crippen LogP contribution in [0.15, 0.2) is 67.1 Å². The van der Waals surface area contributed by atoms with Gasteiger partial charge in [0.1, 0.15) is 11.4 Å². The van der Waals surface area contributed by atoms with Gasteiger partial charge >= 0.3 is 0 Å². The molecule has 0 spiro atoms. The molecule has 0 radical (unpaired) electrons. The van der Waals surface area contributed by atoms with Crippen molar-refractivity contribution >= 4 is 5.95 Å². The van der Waals surface area contributed by atoms with Crippen molar-refractivity contribution in [3.8, 4) is 22.7 Å². The van der Waals surface area contributed by atoms with Crippen LogP contribution >= 0.6 is 0 Å². The van der Waals surface area contributed by atoms with Gasteiger partial charge in [-0.05, 0) is 37.3 Å². The SMILES string of the molecule is COc1ccccc1-n1cc(-c2ccnc(N(C)Cc3cccc(C)n3)n2)cn1. The molecule has 3 heterocycles. The lowest BCUT2D eigenvalue weighted by Gasteiger charge is -2.17. The zero-order chi connectivity index (χ0) is 20.2.